The van der Waals surface area contributed by atoms with Crippen molar-refractivity contribution in [2.24, 2.45) is 5.73 Å². The van der Waals surface area contributed by atoms with Crippen molar-refractivity contribution in [2.75, 3.05) is 0 Å². The van der Waals surface area contributed by atoms with Crippen molar-refractivity contribution < 1.29 is 9.59 Å². The minimum atomic E-state index is -0.357. The summed E-state index contributed by atoms with van der Waals surface area (Å²) in [6, 6.07) is 11.8. The van der Waals surface area contributed by atoms with E-state index in [-0.39, 0.29) is 18.2 Å². The van der Waals surface area contributed by atoms with Gasteiger partial charge in [0.15, 0.2) is 0 Å². The monoisotopic (exact) mass is 389 g/mol. The second kappa shape index (κ2) is 8.26. The first-order chi connectivity index (χ1) is 14.1. The second-order valence-corrected chi connectivity index (χ2v) is 7.31. The molecule has 2 aromatic heterocycles. The zero-order chi connectivity index (χ0) is 20.2. The number of pyridine rings is 1. The number of aromatic nitrogens is 3. The number of primary amides is 1. The van der Waals surface area contributed by atoms with Gasteiger partial charge in [0.1, 0.15) is 0 Å². The van der Waals surface area contributed by atoms with Gasteiger partial charge in [0, 0.05) is 55.3 Å². The normalized spacial score (nSPS) is 13.2. The maximum atomic E-state index is 13.2. The van der Waals surface area contributed by atoms with Gasteiger partial charge in [-0.05, 0) is 48.2 Å². The van der Waals surface area contributed by atoms with Crippen molar-refractivity contribution in [1.29, 1.82) is 0 Å². The molecule has 0 unspecified atom stereocenters. The fraction of sp³-hybridized carbons (Fsp3) is 0.273. The highest BCUT2D eigenvalue weighted by Crippen LogP contribution is 2.30. The number of hydrogen-bond acceptors (Lipinski definition) is 4. The lowest BCUT2D eigenvalue weighted by atomic mass is 10.1. The highest BCUT2D eigenvalue weighted by Gasteiger charge is 2.33. The summed E-state index contributed by atoms with van der Waals surface area (Å²) in [6.07, 6.45) is 9.43. The molecule has 2 amide bonds. The molecular weight excluding hydrogens is 366 g/mol. The van der Waals surface area contributed by atoms with Gasteiger partial charge >= 0.3 is 0 Å². The first-order valence-electron chi connectivity index (χ1n) is 9.71. The highest BCUT2D eigenvalue weighted by atomic mass is 16.2. The zero-order valence-corrected chi connectivity index (χ0v) is 16.1. The smallest absolute Gasteiger partial charge is 0.254 e. The van der Waals surface area contributed by atoms with Crippen LogP contribution in [0.25, 0.3) is 11.1 Å². The minimum absolute atomic E-state index is 0.0345. The van der Waals surface area contributed by atoms with Crippen LogP contribution in [0.2, 0.25) is 0 Å². The number of rotatable bonds is 8. The van der Waals surface area contributed by atoms with E-state index < -0.39 is 0 Å². The number of nitrogens with zero attached hydrogens (tertiary/aromatic N) is 4. The number of nitrogens with two attached hydrogens (primary N) is 1. The van der Waals surface area contributed by atoms with Gasteiger partial charge in [0.25, 0.3) is 5.91 Å². The number of amides is 2. The molecule has 2 N–H and O–H groups in total. The number of carbonyl (C=O) groups excluding carboxylic acids is 2. The number of hydrogen-bond donors (Lipinski definition) is 1. The molecule has 3 aromatic rings. The van der Waals surface area contributed by atoms with Gasteiger partial charge in [0.2, 0.25) is 5.91 Å². The zero-order valence-electron chi connectivity index (χ0n) is 16.1. The fourth-order valence-electron chi connectivity index (χ4n) is 3.30. The van der Waals surface area contributed by atoms with Gasteiger partial charge in [-0.15, -0.1) is 0 Å². The van der Waals surface area contributed by atoms with Crippen molar-refractivity contribution in [1.82, 2.24) is 19.7 Å². The molecule has 0 aliphatic heterocycles. The molecule has 0 saturated heterocycles. The molecule has 4 rings (SSSR count). The van der Waals surface area contributed by atoms with Crippen molar-refractivity contribution >= 4 is 11.8 Å². The molecule has 1 aromatic carbocycles. The van der Waals surface area contributed by atoms with E-state index in [4.69, 9.17) is 5.73 Å². The molecule has 1 fully saturated rings. The van der Waals surface area contributed by atoms with Crippen molar-refractivity contribution in [3.8, 4) is 11.1 Å². The van der Waals surface area contributed by atoms with Gasteiger partial charge < -0.3 is 10.6 Å². The van der Waals surface area contributed by atoms with E-state index in [1.165, 1.54) is 0 Å². The quantitative estimate of drug-likeness (QED) is 0.641. The van der Waals surface area contributed by atoms with Crippen LogP contribution in [0.5, 0.6) is 0 Å². The Kier molecular flexibility index (Phi) is 5.37. The number of benzene rings is 1. The summed E-state index contributed by atoms with van der Waals surface area (Å²) in [4.78, 5) is 30.2. The van der Waals surface area contributed by atoms with Gasteiger partial charge in [-0.1, -0.05) is 12.1 Å². The Balaban J connectivity index is 1.53. The summed E-state index contributed by atoms with van der Waals surface area (Å²) in [5, 5.41) is 4.28. The number of carbonyl (C=O) groups is 2. The average molecular weight is 389 g/mol. The van der Waals surface area contributed by atoms with E-state index >= 15 is 0 Å². The van der Waals surface area contributed by atoms with Crippen LogP contribution >= 0.6 is 0 Å². The van der Waals surface area contributed by atoms with Crippen molar-refractivity contribution in [2.45, 2.75) is 38.4 Å². The van der Waals surface area contributed by atoms with Crippen LogP contribution < -0.4 is 5.73 Å². The Bertz CT molecular complexity index is 1010. The van der Waals surface area contributed by atoms with Crippen LogP contribution in [0, 0.1) is 0 Å². The van der Waals surface area contributed by atoms with Crippen LogP contribution in [-0.4, -0.2) is 37.5 Å². The van der Waals surface area contributed by atoms with Gasteiger partial charge in [-0.2, -0.15) is 5.10 Å². The Hall–Kier alpha value is -3.48. The predicted octanol–water partition coefficient (Wildman–Crippen LogP) is 2.63. The lowest BCUT2D eigenvalue weighted by molar-refractivity contribution is -0.118. The molecule has 0 radical (unpaired) electrons. The third-order valence-corrected chi connectivity index (χ3v) is 5.01. The molecule has 7 heteroatoms. The fourth-order valence-corrected chi connectivity index (χ4v) is 3.30. The predicted molar refractivity (Wildman–Crippen MR) is 109 cm³/mol. The van der Waals surface area contributed by atoms with Crippen molar-refractivity contribution in [3.63, 3.8) is 0 Å². The van der Waals surface area contributed by atoms with E-state index in [2.05, 4.69) is 10.1 Å². The Labute approximate surface area is 169 Å². The van der Waals surface area contributed by atoms with E-state index in [0.717, 1.165) is 29.5 Å². The standard InChI is InChI=1S/C22H23N5O2/c23-21(28)8-11-26-15-19(13-25-26)17-2-1-3-18(12-17)22(29)27(20-4-5-20)14-16-6-9-24-10-7-16/h1-3,6-7,9-10,12-13,15,20H,4-5,8,11,14H2,(H2,23,28). The Morgan fingerprint density at radius 2 is 1.93 bits per heavy atom. The molecule has 0 spiro atoms. The Morgan fingerprint density at radius 3 is 2.66 bits per heavy atom. The van der Waals surface area contributed by atoms with Gasteiger partial charge in [0.05, 0.1) is 6.20 Å². The maximum Gasteiger partial charge on any atom is 0.254 e. The lowest BCUT2D eigenvalue weighted by Gasteiger charge is -2.23. The molecule has 2 heterocycles. The molecule has 7 nitrogen and oxygen atoms in total. The van der Waals surface area contributed by atoms with Crippen LogP contribution in [0.4, 0.5) is 0 Å². The topological polar surface area (TPSA) is 94.1 Å². The average Bonchev–Trinajstić information content (AvgIpc) is 3.47. The van der Waals surface area contributed by atoms with Crippen LogP contribution in [0.1, 0.15) is 35.2 Å². The summed E-state index contributed by atoms with van der Waals surface area (Å²) in [6.45, 7) is 1.02. The summed E-state index contributed by atoms with van der Waals surface area (Å²) in [5.74, 6) is -0.323. The van der Waals surface area contributed by atoms with E-state index in [1.54, 1.807) is 23.3 Å². The highest BCUT2D eigenvalue weighted by molar-refractivity contribution is 5.95. The second-order valence-electron chi connectivity index (χ2n) is 7.31. The van der Waals surface area contributed by atoms with E-state index in [9.17, 15) is 9.59 Å². The molecule has 29 heavy (non-hydrogen) atoms. The molecule has 148 valence electrons. The molecule has 1 aliphatic rings. The summed E-state index contributed by atoms with van der Waals surface area (Å²) < 4.78 is 1.69. The molecule has 1 aliphatic carbocycles. The third kappa shape index (κ3) is 4.68. The molecule has 1 saturated carbocycles. The van der Waals surface area contributed by atoms with Gasteiger partial charge in [-0.3, -0.25) is 19.3 Å². The molecular formula is C22H23N5O2. The summed E-state index contributed by atoms with van der Waals surface area (Å²) in [5.41, 5.74) is 8.75. The number of aryl methyl sites for hydroxylation is 1. The van der Waals surface area contributed by atoms with Crippen LogP contribution in [0.15, 0.2) is 61.2 Å². The summed E-state index contributed by atoms with van der Waals surface area (Å²) >= 11 is 0. The SMILES string of the molecule is NC(=O)CCn1cc(-c2cccc(C(=O)N(Cc3ccncc3)C3CC3)c2)cn1. The first kappa shape index (κ1) is 18.9. The largest absolute Gasteiger partial charge is 0.370 e. The first-order valence-corrected chi connectivity index (χ1v) is 9.71. The van der Waals surface area contributed by atoms with Gasteiger partial charge in [-0.25, -0.2) is 0 Å². The lowest BCUT2D eigenvalue weighted by Crippen LogP contribution is -2.32. The Morgan fingerprint density at radius 1 is 1.14 bits per heavy atom. The van der Waals surface area contributed by atoms with Crippen molar-refractivity contribution in [3.05, 3.63) is 72.3 Å². The van der Waals surface area contributed by atoms with Crippen LogP contribution in [-0.2, 0) is 17.9 Å². The van der Waals surface area contributed by atoms with Crippen LogP contribution in [0.3, 0.4) is 0 Å². The minimum Gasteiger partial charge on any atom is -0.370 e. The third-order valence-electron chi connectivity index (χ3n) is 5.01. The van der Waals surface area contributed by atoms with E-state index in [0.29, 0.717) is 24.7 Å². The molecule has 0 atom stereocenters. The van der Waals surface area contributed by atoms with E-state index in [1.807, 2.05) is 47.5 Å². The summed E-state index contributed by atoms with van der Waals surface area (Å²) in [7, 11) is 0. The molecule has 0 bridgehead atoms. The maximum absolute atomic E-state index is 13.2.